The molecule has 0 amide bonds. The summed E-state index contributed by atoms with van der Waals surface area (Å²) in [4.78, 5) is 2.76. The Bertz CT molecular complexity index is 291. The van der Waals surface area contributed by atoms with E-state index in [1.54, 1.807) is 0 Å². The van der Waals surface area contributed by atoms with E-state index >= 15 is 0 Å². The molecule has 0 aromatic heterocycles. The Labute approximate surface area is 132 Å². The molecule has 2 nitrogen and oxygen atoms in total. The predicted molar refractivity (Wildman–Crippen MR) is 92.5 cm³/mol. The van der Waals surface area contributed by atoms with Crippen molar-refractivity contribution in [2.24, 2.45) is 17.6 Å². The maximum atomic E-state index is 6.21. The number of hydrogen-bond donors (Lipinski definition) is 1. The van der Waals surface area contributed by atoms with Crippen molar-refractivity contribution in [1.82, 2.24) is 4.90 Å². The Hall–Kier alpha value is -0.0800. The summed E-state index contributed by atoms with van der Waals surface area (Å²) in [5.74, 6) is 2.00. The molecule has 124 valence electrons. The topological polar surface area (TPSA) is 29.3 Å². The van der Waals surface area contributed by atoms with Gasteiger partial charge in [-0.1, -0.05) is 58.3 Å². The fourth-order valence-electron chi connectivity index (χ4n) is 4.59. The number of nitrogens with two attached hydrogens (primary N) is 1. The molecule has 1 aliphatic carbocycles. The summed E-state index contributed by atoms with van der Waals surface area (Å²) in [6.07, 6.45) is 15.5. The van der Waals surface area contributed by atoms with E-state index in [0.717, 1.165) is 18.4 Å². The molecule has 2 fully saturated rings. The first kappa shape index (κ1) is 17.3. The first-order valence-electron chi connectivity index (χ1n) is 9.64. The van der Waals surface area contributed by atoms with E-state index < -0.39 is 0 Å². The van der Waals surface area contributed by atoms with Crippen LogP contribution in [-0.2, 0) is 0 Å². The van der Waals surface area contributed by atoms with Crippen LogP contribution < -0.4 is 5.73 Å². The van der Waals surface area contributed by atoms with Crippen LogP contribution in [0.25, 0.3) is 0 Å². The van der Waals surface area contributed by atoms with Gasteiger partial charge in [0, 0.05) is 18.6 Å². The Morgan fingerprint density at radius 2 is 1.71 bits per heavy atom. The van der Waals surface area contributed by atoms with Crippen molar-refractivity contribution in [3.05, 3.63) is 0 Å². The van der Waals surface area contributed by atoms with Gasteiger partial charge in [-0.25, -0.2) is 0 Å². The van der Waals surface area contributed by atoms with Crippen LogP contribution in [0.5, 0.6) is 0 Å². The van der Waals surface area contributed by atoms with Gasteiger partial charge in [0.1, 0.15) is 0 Å². The van der Waals surface area contributed by atoms with E-state index in [4.69, 9.17) is 5.73 Å². The van der Waals surface area contributed by atoms with E-state index in [9.17, 15) is 0 Å². The Balaban J connectivity index is 1.81. The highest BCUT2D eigenvalue weighted by Gasteiger charge is 2.38. The van der Waals surface area contributed by atoms with E-state index in [1.165, 1.54) is 83.7 Å². The van der Waals surface area contributed by atoms with Gasteiger partial charge in [-0.2, -0.15) is 0 Å². The smallest absolute Gasteiger partial charge is 0.0303 e. The van der Waals surface area contributed by atoms with Gasteiger partial charge in [-0.3, -0.25) is 4.90 Å². The number of piperidine rings is 1. The molecule has 0 aromatic carbocycles. The van der Waals surface area contributed by atoms with Crippen LogP contribution in [0.2, 0.25) is 0 Å². The molecule has 2 aliphatic rings. The molecular weight excluding hydrogens is 256 g/mol. The monoisotopic (exact) mass is 294 g/mol. The van der Waals surface area contributed by atoms with E-state index in [2.05, 4.69) is 18.7 Å². The maximum Gasteiger partial charge on any atom is 0.0303 e. The first-order valence-corrected chi connectivity index (χ1v) is 9.64. The van der Waals surface area contributed by atoms with Crippen LogP contribution in [0.4, 0.5) is 0 Å². The molecule has 1 saturated carbocycles. The van der Waals surface area contributed by atoms with Crippen molar-refractivity contribution in [3.63, 3.8) is 0 Å². The largest absolute Gasteiger partial charge is 0.329 e. The second kappa shape index (κ2) is 8.53. The van der Waals surface area contributed by atoms with Crippen LogP contribution in [0.15, 0.2) is 0 Å². The molecule has 2 heteroatoms. The Morgan fingerprint density at radius 3 is 2.43 bits per heavy atom. The number of hydrogen-bond acceptors (Lipinski definition) is 2. The minimum absolute atomic E-state index is 0.259. The lowest BCUT2D eigenvalue weighted by Crippen LogP contribution is -2.56. The summed E-state index contributed by atoms with van der Waals surface area (Å²) in [6, 6.07) is 0. The van der Waals surface area contributed by atoms with Crippen LogP contribution in [0, 0.1) is 11.8 Å². The number of likely N-dealkylation sites (tertiary alicyclic amines) is 1. The quantitative estimate of drug-likeness (QED) is 0.664. The molecular formula is C19H38N2. The normalized spacial score (nSPS) is 29.9. The van der Waals surface area contributed by atoms with Crippen molar-refractivity contribution in [1.29, 1.82) is 0 Å². The predicted octanol–water partition coefficient (Wildman–Crippen LogP) is 4.58. The Morgan fingerprint density at radius 1 is 1.00 bits per heavy atom. The molecule has 0 radical (unpaired) electrons. The average molecular weight is 295 g/mol. The highest BCUT2D eigenvalue weighted by molar-refractivity contribution is 4.93. The van der Waals surface area contributed by atoms with E-state index in [1.807, 2.05) is 0 Å². The van der Waals surface area contributed by atoms with Gasteiger partial charge < -0.3 is 5.73 Å². The summed E-state index contributed by atoms with van der Waals surface area (Å²) in [5, 5.41) is 0. The lowest BCUT2D eigenvalue weighted by Gasteiger charge is -2.49. The third-order valence-corrected chi connectivity index (χ3v) is 6.31. The lowest BCUT2D eigenvalue weighted by atomic mass is 9.73. The molecule has 0 spiro atoms. The molecule has 0 aromatic rings. The molecule has 1 saturated heterocycles. The zero-order valence-corrected chi connectivity index (χ0v) is 14.6. The van der Waals surface area contributed by atoms with Gasteiger partial charge in [-0.05, 0) is 44.6 Å². The maximum absolute atomic E-state index is 6.21. The van der Waals surface area contributed by atoms with Gasteiger partial charge in [-0.15, -0.1) is 0 Å². The van der Waals surface area contributed by atoms with Crippen molar-refractivity contribution < 1.29 is 0 Å². The van der Waals surface area contributed by atoms with Gasteiger partial charge >= 0.3 is 0 Å². The van der Waals surface area contributed by atoms with Crippen LogP contribution in [-0.4, -0.2) is 30.1 Å². The van der Waals surface area contributed by atoms with Crippen molar-refractivity contribution in [3.8, 4) is 0 Å². The van der Waals surface area contributed by atoms with Gasteiger partial charge in [0.2, 0.25) is 0 Å². The molecule has 3 unspecified atom stereocenters. The minimum atomic E-state index is 0.259. The molecule has 2 rings (SSSR count). The first-order chi connectivity index (χ1) is 10.2. The van der Waals surface area contributed by atoms with Gasteiger partial charge in [0.05, 0.1) is 0 Å². The molecule has 0 bridgehead atoms. The number of fused-ring (bicyclic) bond motifs is 1. The van der Waals surface area contributed by atoms with Crippen LogP contribution in [0.1, 0.15) is 84.5 Å². The van der Waals surface area contributed by atoms with Crippen LogP contribution >= 0.6 is 0 Å². The Kier molecular flexibility index (Phi) is 7.01. The van der Waals surface area contributed by atoms with Gasteiger partial charge in [0.25, 0.3) is 0 Å². The minimum Gasteiger partial charge on any atom is -0.329 e. The summed E-state index contributed by atoms with van der Waals surface area (Å²) in [7, 11) is 0. The summed E-state index contributed by atoms with van der Waals surface area (Å²) < 4.78 is 0. The number of nitrogens with zero attached hydrogens (tertiary/aromatic N) is 1. The SMILES string of the molecule is CCCCCCCC(C)(CN)N1CCC2CCCCC2C1. The standard InChI is InChI=1S/C19H38N2/c1-3-4-5-6-9-13-19(2,16-20)21-14-12-17-10-7-8-11-18(17)15-21/h17-18H,3-16,20H2,1-2H3. The second-order valence-corrected chi connectivity index (χ2v) is 7.90. The lowest BCUT2D eigenvalue weighted by molar-refractivity contribution is 0.0105. The zero-order chi connectivity index (χ0) is 15.1. The zero-order valence-electron chi connectivity index (χ0n) is 14.6. The van der Waals surface area contributed by atoms with Crippen molar-refractivity contribution in [2.45, 2.75) is 90.0 Å². The van der Waals surface area contributed by atoms with Crippen LogP contribution in [0.3, 0.4) is 0 Å². The van der Waals surface area contributed by atoms with E-state index in [0.29, 0.717) is 0 Å². The van der Waals surface area contributed by atoms with Crippen molar-refractivity contribution >= 4 is 0 Å². The number of unbranched alkanes of at least 4 members (excludes halogenated alkanes) is 4. The molecule has 3 atom stereocenters. The summed E-state index contributed by atoms with van der Waals surface area (Å²) in [6.45, 7) is 8.17. The molecule has 21 heavy (non-hydrogen) atoms. The second-order valence-electron chi connectivity index (χ2n) is 7.90. The highest BCUT2D eigenvalue weighted by Crippen LogP contribution is 2.38. The third-order valence-electron chi connectivity index (χ3n) is 6.31. The van der Waals surface area contributed by atoms with Gasteiger partial charge in [0.15, 0.2) is 0 Å². The fourth-order valence-corrected chi connectivity index (χ4v) is 4.59. The number of rotatable bonds is 8. The van der Waals surface area contributed by atoms with Crippen molar-refractivity contribution in [2.75, 3.05) is 19.6 Å². The highest BCUT2D eigenvalue weighted by atomic mass is 15.2. The molecule has 1 heterocycles. The fraction of sp³-hybridized carbons (Fsp3) is 1.00. The van der Waals surface area contributed by atoms with E-state index in [-0.39, 0.29) is 5.54 Å². The average Bonchev–Trinajstić information content (AvgIpc) is 2.54. The summed E-state index contributed by atoms with van der Waals surface area (Å²) >= 11 is 0. The summed E-state index contributed by atoms with van der Waals surface area (Å²) in [5.41, 5.74) is 6.46. The third kappa shape index (κ3) is 4.69. The molecule has 1 aliphatic heterocycles. The molecule has 2 N–H and O–H groups in total.